The Labute approximate surface area is 188 Å². The number of carbonyl (C=O) groups excluding carboxylic acids is 1. The van der Waals surface area contributed by atoms with Gasteiger partial charge in [0.05, 0.1) is 38.3 Å². The Kier molecular flexibility index (Phi) is 9.27. The minimum atomic E-state index is -3.90. The topological polar surface area (TPSA) is 94.2 Å². The lowest BCUT2D eigenvalue weighted by atomic mass is 10.1. The Morgan fingerprint density at radius 3 is 2.38 bits per heavy atom. The molecular weight excluding hydrogens is 439 g/mol. The first-order valence-electron chi connectivity index (χ1n) is 10.1. The smallest absolute Gasteiger partial charge is 0.253 e. The summed E-state index contributed by atoms with van der Waals surface area (Å²) in [6, 6.07) is 8.67. The molecule has 10 heteroatoms. The number of nitrogens with zero attached hydrogens (tertiary/aromatic N) is 1. The third-order valence-electron chi connectivity index (χ3n) is 4.64. The average molecular weight is 469 g/mol. The number of sulfonamides is 1. The van der Waals surface area contributed by atoms with Gasteiger partial charge in [-0.25, -0.2) is 12.8 Å². The second-order valence-electron chi connectivity index (χ2n) is 6.89. The molecule has 0 spiro atoms. The monoisotopic (exact) mass is 468 g/mol. The Balaban J connectivity index is 2.51. The molecule has 0 atom stereocenters. The van der Waals surface area contributed by atoms with Crippen LogP contribution in [0.15, 0.2) is 36.4 Å². The number of hydrogen-bond acceptors (Lipinski definition) is 6. The molecule has 0 aliphatic carbocycles. The van der Waals surface area contributed by atoms with Crippen molar-refractivity contribution < 1.29 is 31.8 Å². The maximum absolute atomic E-state index is 14.3. The molecule has 0 aliphatic rings. The molecule has 0 bridgehead atoms. The lowest BCUT2D eigenvalue weighted by Crippen LogP contribution is -2.33. The Morgan fingerprint density at radius 2 is 1.78 bits per heavy atom. The molecule has 2 rings (SSSR count). The van der Waals surface area contributed by atoms with Crippen LogP contribution in [0.1, 0.15) is 29.3 Å². The number of carbonyl (C=O) groups is 1. The zero-order valence-corrected chi connectivity index (χ0v) is 19.5. The first kappa shape index (κ1) is 25.4. The van der Waals surface area contributed by atoms with E-state index in [1.54, 1.807) is 6.07 Å². The van der Waals surface area contributed by atoms with Crippen molar-refractivity contribution in [2.75, 3.05) is 44.5 Å². The fraction of sp³-hybridized carbons (Fsp3) is 0.409. The van der Waals surface area contributed by atoms with Crippen molar-refractivity contribution in [3.63, 3.8) is 0 Å². The molecule has 0 aromatic heterocycles. The van der Waals surface area contributed by atoms with Crippen LogP contribution in [0.4, 0.5) is 10.1 Å². The molecule has 1 N–H and O–H groups in total. The number of benzene rings is 2. The summed E-state index contributed by atoms with van der Waals surface area (Å²) in [5.74, 6) is -0.559. The van der Waals surface area contributed by atoms with Crippen molar-refractivity contribution >= 4 is 21.6 Å². The normalized spacial score (nSPS) is 11.2. The molecule has 0 fully saturated rings. The molecule has 0 aliphatic heterocycles. The molecule has 1 amide bonds. The van der Waals surface area contributed by atoms with Gasteiger partial charge in [0.15, 0.2) is 11.5 Å². The van der Waals surface area contributed by atoms with Gasteiger partial charge in [0.1, 0.15) is 5.82 Å². The summed E-state index contributed by atoms with van der Waals surface area (Å²) in [6.07, 6.45) is 1.58. The standard InChI is InChI=1S/C22H29FN2O6S/c1-5-31-12-8-11-24-22(26)17-13-20(29-2)21(30-3)14-19(17)25(32(4,27)28)15-16-9-6-7-10-18(16)23/h6-7,9-10,13-14H,5,8,11-12,15H2,1-4H3,(H,24,26). The molecule has 2 aromatic carbocycles. The number of hydrogen-bond donors (Lipinski definition) is 1. The number of ether oxygens (including phenoxy) is 3. The number of rotatable bonds is 12. The number of methoxy groups -OCH3 is 2. The summed E-state index contributed by atoms with van der Waals surface area (Å²) in [4.78, 5) is 13.0. The largest absolute Gasteiger partial charge is 0.493 e. The highest BCUT2D eigenvalue weighted by Gasteiger charge is 2.27. The summed E-state index contributed by atoms with van der Waals surface area (Å²) >= 11 is 0. The van der Waals surface area contributed by atoms with Crippen LogP contribution in [-0.2, 0) is 21.3 Å². The summed E-state index contributed by atoms with van der Waals surface area (Å²) < 4.78 is 56.5. The summed E-state index contributed by atoms with van der Waals surface area (Å²) in [7, 11) is -1.08. The molecule has 0 unspecified atom stereocenters. The number of anilines is 1. The van der Waals surface area contributed by atoms with E-state index in [0.717, 1.165) is 10.6 Å². The van der Waals surface area contributed by atoms with Gasteiger partial charge >= 0.3 is 0 Å². The maximum atomic E-state index is 14.3. The molecular formula is C22H29FN2O6S. The average Bonchev–Trinajstić information content (AvgIpc) is 2.76. The number of halogens is 1. The second-order valence-corrected chi connectivity index (χ2v) is 8.80. The van der Waals surface area contributed by atoms with Crippen molar-refractivity contribution in [1.82, 2.24) is 5.32 Å². The van der Waals surface area contributed by atoms with Gasteiger partial charge < -0.3 is 19.5 Å². The lowest BCUT2D eigenvalue weighted by molar-refractivity contribution is 0.0944. The van der Waals surface area contributed by atoms with E-state index in [0.29, 0.717) is 26.2 Å². The molecule has 0 saturated heterocycles. The van der Waals surface area contributed by atoms with E-state index in [2.05, 4.69) is 5.32 Å². The highest BCUT2D eigenvalue weighted by Crippen LogP contribution is 2.37. The summed E-state index contributed by atoms with van der Waals surface area (Å²) in [5.41, 5.74) is 0.271. The van der Waals surface area contributed by atoms with Crippen LogP contribution in [0, 0.1) is 5.82 Å². The summed E-state index contributed by atoms with van der Waals surface area (Å²) in [5, 5.41) is 2.76. The van der Waals surface area contributed by atoms with Crippen molar-refractivity contribution in [3.8, 4) is 11.5 Å². The van der Waals surface area contributed by atoms with Crippen LogP contribution >= 0.6 is 0 Å². The third-order valence-corrected chi connectivity index (χ3v) is 5.77. The van der Waals surface area contributed by atoms with Gasteiger partial charge in [-0.05, 0) is 25.5 Å². The van der Waals surface area contributed by atoms with E-state index >= 15 is 0 Å². The highest BCUT2D eigenvalue weighted by atomic mass is 32.2. The minimum absolute atomic E-state index is 0.0516. The van der Waals surface area contributed by atoms with Gasteiger partial charge in [-0.15, -0.1) is 0 Å². The predicted molar refractivity (Wildman–Crippen MR) is 120 cm³/mol. The summed E-state index contributed by atoms with van der Waals surface area (Å²) in [6.45, 7) is 2.97. The molecule has 0 radical (unpaired) electrons. The third kappa shape index (κ3) is 6.57. The number of nitrogens with one attached hydrogen (secondary N) is 1. The molecule has 8 nitrogen and oxygen atoms in total. The molecule has 0 heterocycles. The Bertz CT molecular complexity index is 1030. The van der Waals surface area contributed by atoms with Crippen LogP contribution in [0.2, 0.25) is 0 Å². The predicted octanol–water partition coefficient (Wildman–Crippen LogP) is 2.97. The quantitative estimate of drug-likeness (QED) is 0.482. The van der Waals surface area contributed by atoms with Crippen LogP contribution in [0.25, 0.3) is 0 Å². The molecule has 176 valence electrons. The first-order valence-corrected chi connectivity index (χ1v) is 11.9. The van der Waals surface area contributed by atoms with Crippen LogP contribution in [-0.4, -0.2) is 54.6 Å². The zero-order valence-electron chi connectivity index (χ0n) is 18.7. The van der Waals surface area contributed by atoms with Crippen molar-refractivity contribution in [2.45, 2.75) is 19.9 Å². The zero-order chi connectivity index (χ0) is 23.7. The second kappa shape index (κ2) is 11.7. The van der Waals surface area contributed by atoms with Gasteiger partial charge in [0, 0.05) is 31.4 Å². The van der Waals surface area contributed by atoms with Gasteiger partial charge in [0.2, 0.25) is 10.0 Å². The maximum Gasteiger partial charge on any atom is 0.253 e. The van der Waals surface area contributed by atoms with E-state index in [4.69, 9.17) is 14.2 Å². The van der Waals surface area contributed by atoms with E-state index in [1.807, 2.05) is 6.92 Å². The van der Waals surface area contributed by atoms with Crippen molar-refractivity contribution in [2.24, 2.45) is 0 Å². The molecule has 2 aromatic rings. The molecule has 32 heavy (non-hydrogen) atoms. The lowest BCUT2D eigenvalue weighted by Gasteiger charge is -2.26. The SMILES string of the molecule is CCOCCCNC(=O)c1cc(OC)c(OC)cc1N(Cc1ccccc1F)S(C)(=O)=O. The Hall–Kier alpha value is -2.85. The number of amides is 1. The van der Waals surface area contributed by atoms with Gasteiger partial charge in [-0.1, -0.05) is 18.2 Å². The fourth-order valence-corrected chi connectivity index (χ4v) is 3.92. The van der Waals surface area contributed by atoms with Crippen LogP contribution < -0.4 is 19.1 Å². The van der Waals surface area contributed by atoms with Crippen molar-refractivity contribution in [1.29, 1.82) is 0 Å². The van der Waals surface area contributed by atoms with Gasteiger partial charge in [-0.3, -0.25) is 9.10 Å². The minimum Gasteiger partial charge on any atom is -0.493 e. The van der Waals surface area contributed by atoms with E-state index < -0.39 is 21.7 Å². The van der Waals surface area contributed by atoms with E-state index in [1.165, 1.54) is 44.6 Å². The Morgan fingerprint density at radius 1 is 1.12 bits per heavy atom. The van der Waals surface area contributed by atoms with E-state index in [-0.39, 0.29) is 34.9 Å². The van der Waals surface area contributed by atoms with E-state index in [9.17, 15) is 17.6 Å². The highest BCUT2D eigenvalue weighted by molar-refractivity contribution is 7.92. The van der Waals surface area contributed by atoms with Crippen LogP contribution in [0.3, 0.4) is 0 Å². The fourth-order valence-electron chi connectivity index (χ4n) is 3.03. The van der Waals surface area contributed by atoms with Gasteiger partial charge in [0.25, 0.3) is 5.91 Å². The molecule has 0 saturated carbocycles. The first-order chi connectivity index (χ1) is 15.2. The van der Waals surface area contributed by atoms with Crippen LogP contribution in [0.5, 0.6) is 11.5 Å². The van der Waals surface area contributed by atoms with Gasteiger partial charge in [-0.2, -0.15) is 0 Å². The van der Waals surface area contributed by atoms with Crippen molar-refractivity contribution in [3.05, 3.63) is 53.3 Å².